The summed E-state index contributed by atoms with van der Waals surface area (Å²) in [6.45, 7) is 0.268. The lowest BCUT2D eigenvalue weighted by Gasteiger charge is -2.15. The number of anilines is 1. The number of nitrogens with one attached hydrogen (secondary N) is 1. The number of hydrogen-bond donors (Lipinski definition) is 2. The first-order valence-electron chi connectivity index (χ1n) is 7.49. The number of nitro groups is 1. The maximum absolute atomic E-state index is 12.1. The van der Waals surface area contributed by atoms with Crippen molar-refractivity contribution < 1.29 is 13.3 Å². The molecule has 0 amide bonds. The van der Waals surface area contributed by atoms with Crippen LogP contribution in [0.4, 0.5) is 11.4 Å². The van der Waals surface area contributed by atoms with Crippen LogP contribution in [0.5, 0.6) is 0 Å². The summed E-state index contributed by atoms with van der Waals surface area (Å²) >= 11 is 0. The van der Waals surface area contributed by atoms with Gasteiger partial charge in [0.25, 0.3) is 5.69 Å². The number of nitrogens with zero attached hydrogens (tertiary/aromatic N) is 2. The second-order valence-electron chi connectivity index (χ2n) is 5.62. The van der Waals surface area contributed by atoms with Crippen molar-refractivity contribution in [3.63, 3.8) is 0 Å². The third kappa shape index (κ3) is 4.32. The predicted octanol–water partition coefficient (Wildman–Crippen LogP) is 1.96. The highest BCUT2D eigenvalue weighted by atomic mass is 32.2. The summed E-state index contributed by atoms with van der Waals surface area (Å²) in [5.74, 6) is 0. The first-order chi connectivity index (χ1) is 11.7. The smallest absolute Gasteiger partial charge is 0.293 e. The Morgan fingerprint density at radius 3 is 2.40 bits per heavy atom. The molecular formula is C16H20N4O4S. The molecule has 0 aliphatic carbocycles. The van der Waals surface area contributed by atoms with Gasteiger partial charge in [-0.3, -0.25) is 10.1 Å². The number of hydrogen-bond acceptors (Lipinski definition) is 6. The van der Waals surface area contributed by atoms with Crippen LogP contribution in [0.2, 0.25) is 0 Å². The van der Waals surface area contributed by atoms with Gasteiger partial charge in [0.2, 0.25) is 10.0 Å². The summed E-state index contributed by atoms with van der Waals surface area (Å²) in [7, 11) is -1.01. The number of nitro benzene ring substituents is 1. The molecule has 3 N–H and O–H groups in total. The Kier molecular flexibility index (Phi) is 5.73. The van der Waals surface area contributed by atoms with Crippen LogP contribution in [-0.4, -0.2) is 38.3 Å². The lowest BCUT2D eigenvalue weighted by atomic mass is 10.1. The van der Waals surface area contributed by atoms with Crippen molar-refractivity contribution in [1.29, 1.82) is 0 Å². The maximum atomic E-state index is 12.1. The minimum Gasteiger partial charge on any atom is -0.378 e. The third-order valence-electron chi connectivity index (χ3n) is 3.68. The number of rotatable bonds is 7. The molecule has 0 aromatic heterocycles. The van der Waals surface area contributed by atoms with E-state index in [-0.39, 0.29) is 28.9 Å². The topological polar surface area (TPSA) is 119 Å². The van der Waals surface area contributed by atoms with Gasteiger partial charge in [-0.15, -0.1) is 0 Å². The Morgan fingerprint density at radius 2 is 1.84 bits per heavy atom. The van der Waals surface area contributed by atoms with Gasteiger partial charge in [0.15, 0.2) is 0 Å². The van der Waals surface area contributed by atoms with Gasteiger partial charge in [-0.05, 0) is 17.7 Å². The Labute approximate surface area is 146 Å². The van der Waals surface area contributed by atoms with Crippen molar-refractivity contribution >= 4 is 21.4 Å². The fraction of sp³-hybridized carbons (Fsp3) is 0.250. The van der Waals surface area contributed by atoms with Crippen LogP contribution in [0.25, 0.3) is 0 Å². The summed E-state index contributed by atoms with van der Waals surface area (Å²) in [5, 5.41) is 14.2. The van der Waals surface area contributed by atoms with Gasteiger partial charge in [-0.1, -0.05) is 30.3 Å². The second kappa shape index (κ2) is 7.60. The third-order valence-corrected chi connectivity index (χ3v) is 5.50. The van der Waals surface area contributed by atoms with Crippen LogP contribution in [0.15, 0.2) is 53.4 Å². The van der Waals surface area contributed by atoms with E-state index in [4.69, 9.17) is 5.73 Å². The molecule has 0 radical (unpaired) electrons. The molecule has 0 saturated carbocycles. The molecule has 8 nitrogen and oxygen atoms in total. The first kappa shape index (κ1) is 18.8. The predicted molar refractivity (Wildman–Crippen MR) is 95.8 cm³/mol. The van der Waals surface area contributed by atoms with Crippen LogP contribution in [0.3, 0.4) is 0 Å². The van der Waals surface area contributed by atoms with Crippen molar-refractivity contribution in [2.45, 2.75) is 10.9 Å². The number of benzene rings is 2. The normalized spacial score (nSPS) is 12.8. The van der Waals surface area contributed by atoms with Crippen LogP contribution in [0, 0.1) is 10.1 Å². The summed E-state index contributed by atoms with van der Waals surface area (Å²) in [4.78, 5) is 10.6. The van der Waals surface area contributed by atoms with Crippen molar-refractivity contribution in [3.8, 4) is 0 Å². The molecular weight excluding hydrogens is 344 g/mol. The average Bonchev–Trinajstić information content (AvgIpc) is 2.59. The molecule has 0 spiro atoms. The van der Waals surface area contributed by atoms with Crippen molar-refractivity contribution in [2.75, 3.05) is 26.0 Å². The molecule has 0 aliphatic heterocycles. The Bertz CT molecular complexity index is 854. The van der Waals surface area contributed by atoms with Crippen molar-refractivity contribution in [2.24, 2.45) is 5.73 Å². The molecule has 0 saturated heterocycles. The quantitative estimate of drug-likeness (QED) is 0.572. The highest BCUT2D eigenvalue weighted by Gasteiger charge is 2.23. The van der Waals surface area contributed by atoms with Gasteiger partial charge in [0, 0.05) is 32.7 Å². The van der Waals surface area contributed by atoms with E-state index in [9.17, 15) is 18.5 Å². The maximum Gasteiger partial charge on any atom is 0.293 e. The van der Waals surface area contributed by atoms with Gasteiger partial charge < -0.3 is 11.1 Å². The number of sulfonamides is 1. The van der Waals surface area contributed by atoms with Crippen molar-refractivity contribution in [1.82, 2.24) is 4.31 Å². The van der Waals surface area contributed by atoms with E-state index in [1.807, 2.05) is 30.3 Å². The minimum atomic E-state index is -3.75. The van der Waals surface area contributed by atoms with Gasteiger partial charge in [-0.2, -0.15) is 0 Å². The largest absolute Gasteiger partial charge is 0.378 e. The highest BCUT2D eigenvalue weighted by Crippen LogP contribution is 2.29. The first-order valence-corrected chi connectivity index (χ1v) is 8.93. The monoisotopic (exact) mass is 364 g/mol. The van der Waals surface area contributed by atoms with Crippen LogP contribution in [0.1, 0.15) is 11.6 Å². The molecule has 0 fully saturated rings. The van der Waals surface area contributed by atoms with E-state index in [0.717, 1.165) is 15.9 Å². The minimum absolute atomic E-state index is 0.137. The molecule has 0 heterocycles. The Balaban J connectivity index is 2.25. The zero-order valence-electron chi connectivity index (χ0n) is 13.9. The van der Waals surface area contributed by atoms with E-state index in [1.165, 1.54) is 26.2 Å². The molecule has 9 heteroatoms. The summed E-state index contributed by atoms with van der Waals surface area (Å²) in [6.07, 6.45) is 0. The van der Waals surface area contributed by atoms with Crippen molar-refractivity contribution in [3.05, 3.63) is 64.2 Å². The fourth-order valence-electron chi connectivity index (χ4n) is 2.22. The van der Waals surface area contributed by atoms with Crippen LogP contribution >= 0.6 is 0 Å². The van der Waals surface area contributed by atoms with Gasteiger partial charge in [0.05, 0.1) is 9.82 Å². The fourth-order valence-corrected chi connectivity index (χ4v) is 3.14. The average molecular weight is 364 g/mol. The Morgan fingerprint density at radius 1 is 1.20 bits per heavy atom. The molecule has 134 valence electrons. The highest BCUT2D eigenvalue weighted by molar-refractivity contribution is 7.89. The van der Waals surface area contributed by atoms with Crippen LogP contribution < -0.4 is 11.1 Å². The molecule has 0 aliphatic rings. The molecule has 2 rings (SSSR count). The number of nitrogens with two attached hydrogens (primary N) is 1. The van der Waals surface area contributed by atoms with E-state index >= 15 is 0 Å². The molecule has 25 heavy (non-hydrogen) atoms. The SMILES string of the molecule is CN(C)S(=O)(=O)c1ccc(NCC(N)c2ccccc2)c([N+](=O)[O-])c1. The molecule has 2 aromatic carbocycles. The van der Waals surface area contributed by atoms with Crippen LogP contribution in [-0.2, 0) is 10.0 Å². The van der Waals surface area contributed by atoms with Gasteiger partial charge >= 0.3 is 0 Å². The zero-order chi connectivity index (χ0) is 18.6. The zero-order valence-corrected chi connectivity index (χ0v) is 14.7. The van der Waals surface area contributed by atoms with E-state index in [2.05, 4.69) is 5.32 Å². The molecule has 1 unspecified atom stereocenters. The molecule has 0 bridgehead atoms. The standard InChI is InChI=1S/C16H20N4O4S/c1-19(2)25(23,24)13-8-9-15(16(10-13)20(21)22)18-11-14(17)12-6-4-3-5-7-12/h3-10,14,18H,11,17H2,1-2H3. The lowest BCUT2D eigenvalue weighted by molar-refractivity contribution is -0.384. The summed E-state index contributed by atoms with van der Waals surface area (Å²) in [6, 6.07) is 12.7. The summed E-state index contributed by atoms with van der Waals surface area (Å²) < 4.78 is 25.3. The Hall–Kier alpha value is -2.49. The lowest BCUT2D eigenvalue weighted by Crippen LogP contribution is -2.23. The van der Waals surface area contributed by atoms with E-state index in [1.54, 1.807) is 0 Å². The summed E-state index contributed by atoms with van der Waals surface area (Å²) in [5.41, 5.74) is 6.87. The van der Waals surface area contributed by atoms with E-state index < -0.39 is 14.9 Å². The molecule has 1 atom stereocenters. The van der Waals surface area contributed by atoms with Gasteiger partial charge in [0.1, 0.15) is 5.69 Å². The second-order valence-corrected chi connectivity index (χ2v) is 7.77. The molecule has 2 aromatic rings. The van der Waals surface area contributed by atoms with E-state index in [0.29, 0.717) is 0 Å². The van der Waals surface area contributed by atoms with Gasteiger partial charge in [-0.25, -0.2) is 12.7 Å².